The monoisotopic (exact) mass is 410 g/mol. The summed E-state index contributed by atoms with van der Waals surface area (Å²) in [5.41, 5.74) is 3.09. The first kappa shape index (κ1) is 20.7. The summed E-state index contributed by atoms with van der Waals surface area (Å²) in [7, 11) is 0. The zero-order valence-corrected chi connectivity index (χ0v) is 17.1. The molecule has 0 saturated carbocycles. The first-order valence-electron chi connectivity index (χ1n) is 9.20. The summed E-state index contributed by atoms with van der Waals surface area (Å²) in [6, 6.07) is 15.1. The van der Waals surface area contributed by atoms with Crippen molar-refractivity contribution in [3.63, 3.8) is 0 Å². The average Bonchev–Trinajstić information content (AvgIpc) is 2.96. The minimum absolute atomic E-state index is 0.117. The van der Waals surface area contributed by atoms with E-state index in [1.165, 1.54) is 0 Å². The number of carbonyl (C=O) groups excluding carboxylic acids is 3. The summed E-state index contributed by atoms with van der Waals surface area (Å²) in [6.07, 6.45) is 1.71. The number of hydrogen-bond donors (Lipinski definition) is 1. The van der Waals surface area contributed by atoms with Crippen LogP contribution in [0.3, 0.4) is 0 Å². The quantitative estimate of drug-likeness (QED) is 0.707. The van der Waals surface area contributed by atoms with E-state index in [0.29, 0.717) is 10.7 Å². The molecule has 0 unspecified atom stereocenters. The molecule has 0 aromatic heterocycles. The van der Waals surface area contributed by atoms with E-state index in [0.717, 1.165) is 33.4 Å². The Balaban J connectivity index is 1.47. The van der Waals surface area contributed by atoms with E-state index in [1.54, 1.807) is 18.2 Å². The highest BCUT2D eigenvalue weighted by Gasteiger charge is 2.34. The van der Waals surface area contributed by atoms with Crippen LogP contribution in [0, 0.1) is 13.8 Å². The lowest BCUT2D eigenvalue weighted by Crippen LogP contribution is -2.38. The number of rotatable bonds is 7. The van der Waals surface area contributed by atoms with Crippen molar-refractivity contribution >= 4 is 34.9 Å². The predicted molar refractivity (Wildman–Crippen MR) is 114 cm³/mol. The lowest BCUT2D eigenvalue weighted by Gasteiger charge is -2.13. The molecule has 1 aliphatic rings. The minimum Gasteiger partial charge on any atom is -0.484 e. The second-order valence-corrected chi connectivity index (χ2v) is 7.69. The van der Waals surface area contributed by atoms with Gasteiger partial charge >= 0.3 is 0 Å². The highest BCUT2D eigenvalue weighted by Crippen LogP contribution is 2.31. The zero-order chi connectivity index (χ0) is 20.8. The van der Waals surface area contributed by atoms with Crippen LogP contribution in [0.2, 0.25) is 0 Å². The molecule has 0 aliphatic carbocycles. The van der Waals surface area contributed by atoms with Crippen molar-refractivity contribution in [2.75, 3.05) is 19.7 Å². The van der Waals surface area contributed by atoms with Crippen molar-refractivity contribution in [1.29, 1.82) is 0 Å². The maximum Gasteiger partial charge on any atom is 0.293 e. The second kappa shape index (κ2) is 9.43. The Morgan fingerprint density at radius 1 is 1.03 bits per heavy atom. The highest BCUT2D eigenvalue weighted by atomic mass is 32.2. The van der Waals surface area contributed by atoms with Crippen LogP contribution in [0.4, 0.5) is 4.79 Å². The normalized spacial score (nSPS) is 15.1. The summed E-state index contributed by atoms with van der Waals surface area (Å²) in [4.78, 5) is 38.1. The fourth-order valence-electron chi connectivity index (χ4n) is 2.65. The Bertz CT molecular complexity index is 936. The number of thioether (sulfide) groups is 1. The molecule has 2 aromatic rings. The third kappa shape index (κ3) is 5.71. The molecule has 1 N–H and O–H groups in total. The van der Waals surface area contributed by atoms with Gasteiger partial charge in [-0.15, -0.1) is 0 Å². The van der Waals surface area contributed by atoms with E-state index in [9.17, 15) is 14.4 Å². The van der Waals surface area contributed by atoms with E-state index < -0.39 is 0 Å². The van der Waals surface area contributed by atoms with Crippen LogP contribution in [0.5, 0.6) is 5.75 Å². The Hall–Kier alpha value is -3.06. The fourth-order valence-corrected chi connectivity index (χ4v) is 3.51. The maximum absolute atomic E-state index is 12.5. The van der Waals surface area contributed by atoms with Gasteiger partial charge in [-0.05, 0) is 49.4 Å². The summed E-state index contributed by atoms with van der Waals surface area (Å²) >= 11 is 0.909. The van der Waals surface area contributed by atoms with E-state index >= 15 is 0 Å². The van der Waals surface area contributed by atoms with Gasteiger partial charge in [-0.2, -0.15) is 0 Å². The Morgan fingerprint density at radius 2 is 1.66 bits per heavy atom. The van der Waals surface area contributed by atoms with Crippen molar-refractivity contribution in [2.24, 2.45) is 0 Å². The van der Waals surface area contributed by atoms with Gasteiger partial charge in [0.15, 0.2) is 6.61 Å². The minimum atomic E-state index is -0.342. The number of imide groups is 1. The number of carbonyl (C=O) groups is 3. The van der Waals surface area contributed by atoms with Crippen LogP contribution < -0.4 is 10.1 Å². The SMILES string of the molecule is Cc1ccc(/C=C2\SC(=O)N(CCNC(=O)COc3ccc(C)cc3)C2=O)cc1. The van der Waals surface area contributed by atoms with Crippen molar-refractivity contribution < 1.29 is 19.1 Å². The fraction of sp³-hybridized carbons (Fsp3) is 0.227. The largest absolute Gasteiger partial charge is 0.484 e. The summed E-state index contributed by atoms with van der Waals surface area (Å²) in [6.45, 7) is 4.12. The van der Waals surface area contributed by atoms with E-state index in [-0.39, 0.29) is 36.7 Å². The summed E-state index contributed by atoms with van der Waals surface area (Å²) < 4.78 is 5.41. The van der Waals surface area contributed by atoms with Crippen LogP contribution >= 0.6 is 11.8 Å². The van der Waals surface area contributed by atoms with E-state index in [2.05, 4.69) is 5.32 Å². The Labute approximate surface area is 173 Å². The van der Waals surface area contributed by atoms with Gasteiger partial charge in [0.1, 0.15) is 5.75 Å². The molecular weight excluding hydrogens is 388 g/mol. The number of aryl methyl sites for hydroxylation is 2. The average molecular weight is 410 g/mol. The molecule has 0 radical (unpaired) electrons. The van der Waals surface area contributed by atoms with Crippen LogP contribution in [0.25, 0.3) is 6.08 Å². The number of amides is 3. The van der Waals surface area contributed by atoms with E-state index in [1.807, 2.05) is 50.2 Å². The molecule has 1 heterocycles. The van der Waals surface area contributed by atoms with Gasteiger partial charge in [0.25, 0.3) is 17.1 Å². The van der Waals surface area contributed by atoms with Gasteiger partial charge in [-0.3, -0.25) is 19.3 Å². The van der Waals surface area contributed by atoms with Crippen LogP contribution in [-0.4, -0.2) is 41.6 Å². The van der Waals surface area contributed by atoms with Crippen molar-refractivity contribution in [2.45, 2.75) is 13.8 Å². The maximum atomic E-state index is 12.5. The van der Waals surface area contributed by atoms with Crippen LogP contribution in [-0.2, 0) is 9.59 Å². The molecule has 1 fully saturated rings. The first-order valence-corrected chi connectivity index (χ1v) is 10.0. The van der Waals surface area contributed by atoms with Gasteiger partial charge in [0.05, 0.1) is 4.91 Å². The standard InChI is InChI=1S/C22H22N2O4S/c1-15-3-7-17(8-4-15)13-19-21(26)24(22(27)29-19)12-11-23-20(25)14-28-18-9-5-16(2)6-10-18/h3-10,13H,11-12,14H2,1-2H3,(H,23,25)/b19-13-. The van der Waals surface area contributed by atoms with Crippen molar-refractivity contribution in [3.05, 3.63) is 70.1 Å². The summed E-state index contributed by atoms with van der Waals surface area (Å²) in [5, 5.41) is 2.33. The Kier molecular flexibility index (Phi) is 6.72. The molecule has 3 rings (SSSR count). The molecule has 0 atom stereocenters. The van der Waals surface area contributed by atoms with Gasteiger partial charge in [-0.25, -0.2) is 0 Å². The van der Waals surface area contributed by atoms with Crippen molar-refractivity contribution in [3.8, 4) is 5.75 Å². The number of benzene rings is 2. The molecule has 3 amide bonds. The van der Waals surface area contributed by atoms with Crippen molar-refractivity contribution in [1.82, 2.24) is 10.2 Å². The van der Waals surface area contributed by atoms with Crippen LogP contribution in [0.1, 0.15) is 16.7 Å². The topological polar surface area (TPSA) is 75.7 Å². The molecule has 6 nitrogen and oxygen atoms in total. The first-order chi connectivity index (χ1) is 13.9. The number of ether oxygens (including phenoxy) is 1. The predicted octanol–water partition coefficient (Wildman–Crippen LogP) is 3.53. The molecule has 29 heavy (non-hydrogen) atoms. The van der Waals surface area contributed by atoms with Gasteiger partial charge in [-0.1, -0.05) is 47.5 Å². The number of nitrogens with zero attached hydrogens (tertiary/aromatic N) is 1. The third-order valence-corrected chi connectivity index (χ3v) is 5.20. The summed E-state index contributed by atoms with van der Waals surface area (Å²) in [5.74, 6) is -0.0450. The lowest BCUT2D eigenvalue weighted by molar-refractivity contribution is -0.125. The Morgan fingerprint density at radius 3 is 2.31 bits per heavy atom. The molecule has 1 saturated heterocycles. The molecule has 2 aromatic carbocycles. The smallest absolute Gasteiger partial charge is 0.293 e. The zero-order valence-electron chi connectivity index (χ0n) is 16.3. The van der Waals surface area contributed by atoms with Crippen LogP contribution in [0.15, 0.2) is 53.4 Å². The third-order valence-electron chi connectivity index (χ3n) is 4.30. The second-order valence-electron chi connectivity index (χ2n) is 6.70. The number of hydrogen-bond acceptors (Lipinski definition) is 5. The van der Waals surface area contributed by atoms with Gasteiger partial charge < -0.3 is 10.1 Å². The molecule has 1 aliphatic heterocycles. The lowest BCUT2D eigenvalue weighted by atomic mass is 10.1. The molecule has 7 heteroatoms. The molecular formula is C22H22N2O4S. The van der Waals surface area contributed by atoms with Gasteiger partial charge in [0, 0.05) is 13.1 Å². The molecule has 150 valence electrons. The molecule has 0 spiro atoms. The van der Waals surface area contributed by atoms with Gasteiger partial charge in [0.2, 0.25) is 0 Å². The molecule has 0 bridgehead atoms. The van der Waals surface area contributed by atoms with E-state index in [4.69, 9.17) is 4.74 Å². The highest BCUT2D eigenvalue weighted by molar-refractivity contribution is 8.18. The number of nitrogens with one attached hydrogen (secondary N) is 1.